The van der Waals surface area contributed by atoms with Crippen molar-refractivity contribution in [1.82, 2.24) is 0 Å². The van der Waals surface area contributed by atoms with Crippen molar-refractivity contribution in [2.24, 2.45) is 0 Å². The molecule has 0 aliphatic heterocycles. The Morgan fingerprint density at radius 1 is 0.577 bits per heavy atom. The highest BCUT2D eigenvalue weighted by molar-refractivity contribution is 5.70. The average Bonchev–Trinajstić information content (AvgIpc) is 2.69. The van der Waals surface area contributed by atoms with Gasteiger partial charge in [-0.1, -0.05) is 60.7 Å². The minimum absolute atomic E-state index is 0.379. The van der Waals surface area contributed by atoms with Crippen LogP contribution in [-0.4, -0.2) is 0 Å². The first-order valence-corrected chi connectivity index (χ1v) is 8.32. The van der Waals surface area contributed by atoms with Crippen LogP contribution in [0.15, 0.2) is 106 Å². The molecule has 0 atom stereocenters. The summed E-state index contributed by atoms with van der Waals surface area (Å²) in [5.41, 5.74) is 2.17. The first-order chi connectivity index (χ1) is 12.8. The van der Waals surface area contributed by atoms with E-state index in [-0.39, 0.29) is 5.63 Å². The summed E-state index contributed by atoms with van der Waals surface area (Å²) in [6.07, 6.45) is 0. The van der Waals surface area contributed by atoms with Gasteiger partial charge in [0.2, 0.25) is 0 Å². The fraction of sp³-hybridized carbons (Fsp3) is 0. The molecule has 3 nitrogen and oxygen atoms in total. The van der Waals surface area contributed by atoms with Crippen LogP contribution >= 0.6 is 0 Å². The van der Waals surface area contributed by atoms with Crippen LogP contribution in [0, 0.1) is 0 Å². The lowest BCUT2D eigenvalue weighted by atomic mass is 10.0. The second-order valence-electron chi connectivity index (χ2n) is 5.84. The highest BCUT2D eigenvalue weighted by atomic mass is 16.5. The van der Waals surface area contributed by atoms with Crippen molar-refractivity contribution in [3.63, 3.8) is 0 Å². The molecule has 1 aromatic heterocycles. The average molecular weight is 340 g/mol. The zero-order valence-corrected chi connectivity index (χ0v) is 14.0. The van der Waals surface area contributed by atoms with Gasteiger partial charge in [0.25, 0.3) is 0 Å². The van der Waals surface area contributed by atoms with Crippen LogP contribution in [0.2, 0.25) is 0 Å². The van der Waals surface area contributed by atoms with Crippen LogP contribution in [0.25, 0.3) is 22.5 Å². The lowest BCUT2D eigenvalue weighted by Gasteiger charge is -2.08. The molecule has 4 aromatic rings. The molecule has 26 heavy (non-hydrogen) atoms. The zero-order chi connectivity index (χ0) is 17.8. The molecule has 3 aromatic carbocycles. The summed E-state index contributed by atoms with van der Waals surface area (Å²) in [5.74, 6) is 2.02. The molecule has 1 heterocycles. The molecule has 126 valence electrons. The van der Waals surface area contributed by atoms with Crippen molar-refractivity contribution in [3.8, 4) is 33.9 Å². The molecule has 0 N–H and O–H groups in total. The van der Waals surface area contributed by atoms with E-state index in [9.17, 15) is 4.79 Å². The predicted molar refractivity (Wildman–Crippen MR) is 102 cm³/mol. The van der Waals surface area contributed by atoms with Gasteiger partial charge in [-0.15, -0.1) is 0 Å². The van der Waals surface area contributed by atoms with Crippen LogP contribution in [0.1, 0.15) is 0 Å². The highest BCUT2D eigenvalue weighted by Gasteiger charge is 2.07. The predicted octanol–water partition coefficient (Wildman–Crippen LogP) is 5.77. The number of para-hydroxylation sites is 1. The number of benzene rings is 3. The van der Waals surface area contributed by atoms with Gasteiger partial charge in [0, 0.05) is 11.6 Å². The lowest BCUT2D eigenvalue weighted by molar-refractivity contribution is 0.483. The minimum atomic E-state index is -0.379. The molecule has 0 radical (unpaired) electrons. The van der Waals surface area contributed by atoms with Crippen molar-refractivity contribution in [3.05, 3.63) is 107 Å². The molecule has 0 unspecified atom stereocenters. The molecule has 0 saturated carbocycles. The minimum Gasteiger partial charge on any atom is -0.457 e. The summed E-state index contributed by atoms with van der Waals surface area (Å²) in [4.78, 5) is 12.0. The maximum atomic E-state index is 12.0. The lowest BCUT2D eigenvalue weighted by Crippen LogP contribution is -1.98. The van der Waals surface area contributed by atoms with Gasteiger partial charge in [-0.25, -0.2) is 4.79 Å². The zero-order valence-electron chi connectivity index (χ0n) is 14.0. The van der Waals surface area contributed by atoms with Gasteiger partial charge in [0.05, 0.1) is 0 Å². The smallest absolute Gasteiger partial charge is 0.336 e. The monoisotopic (exact) mass is 340 g/mol. The van der Waals surface area contributed by atoms with Gasteiger partial charge >= 0.3 is 5.63 Å². The SMILES string of the molecule is O=c1cc(-c2cccc(Oc3ccccc3)c2)cc(-c2ccccc2)o1. The van der Waals surface area contributed by atoms with Crippen molar-refractivity contribution < 1.29 is 9.15 Å². The van der Waals surface area contributed by atoms with Gasteiger partial charge in [-0.2, -0.15) is 0 Å². The largest absolute Gasteiger partial charge is 0.457 e. The molecule has 0 bridgehead atoms. The molecule has 0 saturated heterocycles. The van der Waals surface area contributed by atoms with Crippen LogP contribution in [0.5, 0.6) is 11.5 Å². The van der Waals surface area contributed by atoms with E-state index in [0.717, 1.165) is 22.4 Å². The molecule has 4 rings (SSSR count). The topological polar surface area (TPSA) is 39.4 Å². The normalized spacial score (nSPS) is 10.5. The number of rotatable bonds is 4. The van der Waals surface area contributed by atoms with E-state index in [1.807, 2.05) is 91.0 Å². The van der Waals surface area contributed by atoms with Crippen molar-refractivity contribution in [1.29, 1.82) is 0 Å². The van der Waals surface area contributed by atoms with Gasteiger partial charge < -0.3 is 9.15 Å². The summed E-state index contributed by atoms with van der Waals surface area (Å²) < 4.78 is 11.2. The van der Waals surface area contributed by atoms with E-state index >= 15 is 0 Å². The third-order valence-corrected chi connectivity index (χ3v) is 3.98. The molecule has 0 aliphatic carbocycles. The third kappa shape index (κ3) is 3.57. The Morgan fingerprint density at radius 3 is 2.00 bits per heavy atom. The van der Waals surface area contributed by atoms with Crippen LogP contribution in [0.3, 0.4) is 0 Å². The van der Waals surface area contributed by atoms with Crippen molar-refractivity contribution >= 4 is 0 Å². The first kappa shape index (κ1) is 15.9. The Kier molecular flexibility index (Phi) is 4.35. The summed E-state index contributed by atoms with van der Waals surface area (Å²) in [7, 11) is 0. The maximum absolute atomic E-state index is 12.0. The second kappa shape index (κ2) is 7.11. The van der Waals surface area contributed by atoms with Crippen LogP contribution in [0.4, 0.5) is 0 Å². The second-order valence-corrected chi connectivity index (χ2v) is 5.84. The molecule has 3 heteroatoms. The molecule has 0 amide bonds. The van der Waals surface area contributed by atoms with Gasteiger partial charge in [-0.3, -0.25) is 0 Å². The fourth-order valence-electron chi connectivity index (χ4n) is 2.75. The molecular weight excluding hydrogens is 324 g/mol. The van der Waals surface area contributed by atoms with Gasteiger partial charge in [0.15, 0.2) is 0 Å². The van der Waals surface area contributed by atoms with Crippen molar-refractivity contribution in [2.45, 2.75) is 0 Å². The van der Waals surface area contributed by atoms with E-state index in [1.54, 1.807) is 0 Å². The van der Waals surface area contributed by atoms with Crippen LogP contribution < -0.4 is 10.4 Å². The molecule has 0 spiro atoms. The summed E-state index contributed by atoms with van der Waals surface area (Å²) in [5, 5.41) is 0. The van der Waals surface area contributed by atoms with Gasteiger partial charge in [0.1, 0.15) is 17.3 Å². The fourth-order valence-corrected chi connectivity index (χ4v) is 2.75. The Morgan fingerprint density at radius 2 is 1.23 bits per heavy atom. The Hall–Kier alpha value is -3.59. The summed E-state index contributed by atoms with van der Waals surface area (Å²) in [6, 6.07) is 30.2. The summed E-state index contributed by atoms with van der Waals surface area (Å²) in [6.45, 7) is 0. The Bertz CT molecular complexity index is 1070. The number of hydrogen-bond donors (Lipinski definition) is 0. The first-order valence-electron chi connectivity index (χ1n) is 8.32. The molecular formula is C23H16O3. The maximum Gasteiger partial charge on any atom is 0.336 e. The molecule has 0 fully saturated rings. The third-order valence-electron chi connectivity index (χ3n) is 3.98. The standard InChI is InChI=1S/C23H16O3/c24-23-16-19(15-22(26-23)17-8-3-1-4-9-17)18-10-7-13-21(14-18)25-20-11-5-2-6-12-20/h1-16H. The van der Waals surface area contributed by atoms with Crippen LogP contribution in [-0.2, 0) is 0 Å². The van der Waals surface area contributed by atoms with E-state index in [4.69, 9.17) is 9.15 Å². The number of ether oxygens (including phenoxy) is 1. The van der Waals surface area contributed by atoms with E-state index < -0.39 is 0 Å². The molecule has 0 aliphatic rings. The van der Waals surface area contributed by atoms with E-state index in [0.29, 0.717) is 11.5 Å². The van der Waals surface area contributed by atoms with E-state index in [1.165, 1.54) is 6.07 Å². The quantitative estimate of drug-likeness (QED) is 0.474. The Labute approximate surface area is 151 Å². The summed E-state index contributed by atoms with van der Waals surface area (Å²) >= 11 is 0. The van der Waals surface area contributed by atoms with Crippen molar-refractivity contribution in [2.75, 3.05) is 0 Å². The highest BCUT2D eigenvalue weighted by Crippen LogP contribution is 2.29. The number of hydrogen-bond acceptors (Lipinski definition) is 3. The van der Waals surface area contributed by atoms with Gasteiger partial charge in [-0.05, 0) is 41.5 Å². The Balaban J connectivity index is 1.71. The van der Waals surface area contributed by atoms with E-state index in [2.05, 4.69) is 0 Å².